The lowest BCUT2D eigenvalue weighted by atomic mass is 10.1. The largest absolute Gasteiger partial charge is 0.480 e. The standard InChI is InChI=1S/C11H12N2O5S/c1-7-4-9(3-2-8(7)5-12)19(17,18)13-10(6-14)11(15)16/h2-4,10,13-14H,6H2,1H3,(H,15,16). The highest BCUT2D eigenvalue weighted by atomic mass is 32.2. The van der Waals surface area contributed by atoms with Crippen LogP contribution >= 0.6 is 0 Å². The van der Waals surface area contributed by atoms with E-state index in [9.17, 15) is 13.2 Å². The lowest BCUT2D eigenvalue weighted by Crippen LogP contribution is -2.43. The molecular formula is C11H12N2O5S. The second kappa shape index (κ2) is 5.79. The fourth-order valence-electron chi connectivity index (χ4n) is 1.35. The Morgan fingerprint density at radius 3 is 2.58 bits per heavy atom. The Labute approximate surface area is 110 Å². The molecule has 0 aliphatic carbocycles. The van der Waals surface area contributed by atoms with Gasteiger partial charge in [-0.1, -0.05) is 0 Å². The average molecular weight is 284 g/mol. The summed E-state index contributed by atoms with van der Waals surface area (Å²) in [6.07, 6.45) is 0. The van der Waals surface area contributed by atoms with Crippen molar-refractivity contribution >= 4 is 16.0 Å². The number of hydrogen-bond acceptors (Lipinski definition) is 5. The Kier molecular flexibility index (Phi) is 4.61. The van der Waals surface area contributed by atoms with Crippen LogP contribution in [0.1, 0.15) is 11.1 Å². The van der Waals surface area contributed by atoms with Crippen molar-refractivity contribution in [3.05, 3.63) is 29.3 Å². The highest BCUT2D eigenvalue weighted by molar-refractivity contribution is 7.89. The van der Waals surface area contributed by atoms with Gasteiger partial charge in [-0.15, -0.1) is 0 Å². The predicted molar refractivity (Wildman–Crippen MR) is 64.7 cm³/mol. The van der Waals surface area contributed by atoms with Gasteiger partial charge in [0.05, 0.1) is 23.1 Å². The molecule has 8 heteroatoms. The lowest BCUT2D eigenvalue weighted by Gasteiger charge is -2.12. The molecule has 0 aromatic heterocycles. The predicted octanol–water partition coefficient (Wildman–Crippen LogP) is -0.410. The quantitative estimate of drug-likeness (QED) is 0.674. The topological polar surface area (TPSA) is 127 Å². The first-order valence-corrected chi connectivity index (χ1v) is 6.67. The van der Waals surface area contributed by atoms with E-state index in [1.165, 1.54) is 18.2 Å². The van der Waals surface area contributed by atoms with Crippen molar-refractivity contribution in [2.24, 2.45) is 0 Å². The van der Waals surface area contributed by atoms with Gasteiger partial charge in [0.15, 0.2) is 0 Å². The number of rotatable bonds is 5. The Morgan fingerprint density at radius 1 is 1.53 bits per heavy atom. The summed E-state index contributed by atoms with van der Waals surface area (Å²) >= 11 is 0. The van der Waals surface area contributed by atoms with Gasteiger partial charge in [-0.05, 0) is 30.7 Å². The number of carboxylic acid groups (broad SMARTS) is 1. The Morgan fingerprint density at radius 2 is 2.16 bits per heavy atom. The maximum Gasteiger partial charge on any atom is 0.324 e. The van der Waals surface area contributed by atoms with Gasteiger partial charge in [0, 0.05) is 0 Å². The van der Waals surface area contributed by atoms with Crippen LogP contribution in [0.2, 0.25) is 0 Å². The zero-order chi connectivity index (χ0) is 14.6. The van der Waals surface area contributed by atoms with E-state index in [0.29, 0.717) is 11.1 Å². The monoisotopic (exact) mass is 284 g/mol. The van der Waals surface area contributed by atoms with Gasteiger partial charge in [-0.25, -0.2) is 8.42 Å². The summed E-state index contributed by atoms with van der Waals surface area (Å²) in [6.45, 7) is 0.710. The number of sulfonamides is 1. The number of aliphatic carboxylic acids is 1. The van der Waals surface area contributed by atoms with Crippen molar-refractivity contribution in [2.45, 2.75) is 17.9 Å². The Hall–Kier alpha value is -1.95. The first kappa shape index (κ1) is 15.1. The van der Waals surface area contributed by atoms with Crippen LogP contribution in [0.5, 0.6) is 0 Å². The summed E-state index contributed by atoms with van der Waals surface area (Å²) in [5.41, 5.74) is 0.789. The van der Waals surface area contributed by atoms with Crippen molar-refractivity contribution in [3.8, 4) is 6.07 Å². The van der Waals surface area contributed by atoms with Crippen LogP contribution in [0.15, 0.2) is 23.1 Å². The lowest BCUT2D eigenvalue weighted by molar-refractivity contribution is -0.139. The van der Waals surface area contributed by atoms with Crippen molar-refractivity contribution in [1.29, 1.82) is 5.26 Å². The molecule has 1 rings (SSSR count). The van der Waals surface area contributed by atoms with Gasteiger partial charge in [0.1, 0.15) is 6.04 Å². The van der Waals surface area contributed by atoms with Gasteiger partial charge in [0.25, 0.3) is 0 Å². The molecule has 102 valence electrons. The fourth-order valence-corrected chi connectivity index (χ4v) is 2.61. The summed E-state index contributed by atoms with van der Waals surface area (Å²) in [5, 5.41) is 26.2. The van der Waals surface area contributed by atoms with Gasteiger partial charge in [-0.2, -0.15) is 9.98 Å². The molecule has 3 N–H and O–H groups in total. The molecule has 0 aliphatic rings. The van der Waals surface area contributed by atoms with Crippen LogP contribution in [-0.4, -0.2) is 37.2 Å². The second-order valence-electron chi connectivity index (χ2n) is 3.78. The molecule has 1 unspecified atom stereocenters. The van der Waals surface area contributed by atoms with E-state index in [1.54, 1.807) is 6.92 Å². The maximum atomic E-state index is 11.9. The van der Waals surface area contributed by atoms with Crippen LogP contribution in [-0.2, 0) is 14.8 Å². The minimum Gasteiger partial charge on any atom is -0.480 e. The molecule has 0 spiro atoms. The summed E-state index contributed by atoms with van der Waals surface area (Å²) in [4.78, 5) is 10.5. The summed E-state index contributed by atoms with van der Waals surface area (Å²) in [6, 6.07) is 4.08. The van der Waals surface area contributed by atoms with E-state index in [-0.39, 0.29) is 4.90 Å². The molecule has 0 fully saturated rings. The van der Waals surface area contributed by atoms with Crippen molar-refractivity contribution in [1.82, 2.24) is 4.72 Å². The second-order valence-corrected chi connectivity index (χ2v) is 5.50. The van der Waals surface area contributed by atoms with E-state index in [0.717, 1.165) is 0 Å². The molecule has 7 nitrogen and oxygen atoms in total. The fraction of sp³-hybridized carbons (Fsp3) is 0.273. The highest BCUT2D eigenvalue weighted by Gasteiger charge is 2.24. The zero-order valence-electron chi connectivity index (χ0n) is 9.99. The summed E-state index contributed by atoms with van der Waals surface area (Å²) in [5.74, 6) is -1.48. The van der Waals surface area contributed by atoms with Gasteiger partial charge in [0.2, 0.25) is 10.0 Å². The van der Waals surface area contributed by atoms with E-state index in [1.807, 2.05) is 10.8 Å². The van der Waals surface area contributed by atoms with Crippen LogP contribution in [0.3, 0.4) is 0 Å². The number of carboxylic acids is 1. The van der Waals surface area contributed by atoms with Gasteiger partial charge >= 0.3 is 5.97 Å². The smallest absolute Gasteiger partial charge is 0.324 e. The molecule has 1 aromatic rings. The number of aliphatic hydroxyl groups is 1. The zero-order valence-corrected chi connectivity index (χ0v) is 10.8. The number of aliphatic hydroxyl groups excluding tert-OH is 1. The molecule has 1 atom stereocenters. The third-order valence-corrected chi connectivity index (χ3v) is 3.88. The number of carbonyl (C=O) groups is 1. The van der Waals surface area contributed by atoms with Crippen LogP contribution in [0.25, 0.3) is 0 Å². The Bertz CT molecular complexity index is 633. The third-order valence-electron chi connectivity index (χ3n) is 2.41. The molecule has 19 heavy (non-hydrogen) atoms. The molecule has 0 bridgehead atoms. The van der Waals surface area contributed by atoms with E-state index >= 15 is 0 Å². The number of benzene rings is 1. The first-order chi connectivity index (χ1) is 8.81. The van der Waals surface area contributed by atoms with Crippen LogP contribution < -0.4 is 4.72 Å². The minimum atomic E-state index is -4.06. The number of nitrogens with one attached hydrogen (secondary N) is 1. The Balaban J connectivity index is 3.11. The summed E-state index contributed by atoms with van der Waals surface area (Å²) in [7, 11) is -4.06. The maximum absolute atomic E-state index is 11.9. The molecule has 0 amide bonds. The van der Waals surface area contributed by atoms with Gasteiger partial charge < -0.3 is 10.2 Å². The highest BCUT2D eigenvalue weighted by Crippen LogP contribution is 2.15. The molecule has 0 saturated carbocycles. The number of aryl methyl sites for hydroxylation is 1. The number of hydrogen-bond donors (Lipinski definition) is 3. The third kappa shape index (κ3) is 3.51. The first-order valence-electron chi connectivity index (χ1n) is 5.18. The molecule has 0 heterocycles. The van der Waals surface area contributed by atoms with Gasteiger partial charge in [-0.3, -0.25) is 4.79 Å². The molecule has 0 saturated heterocycles. The minimum absolute atomic E-state index is 0.163. The van der Waals surface area contributed by atoms with E-state index in [4.69, 9.17) is 15.5 Å². The van der Waals surface area contributed by atoms with E-state index < -0.39 is 28.6 Å². The molecule has 1 aromatic carbocycles. The summed E-state index contributed by atoms with van der Waals surface area (Å²) < 4.78 is 25.6. The molecule has 0 aliphatic heterocycles. The average Bonchev–Trinajstić information content (AvgIpc) is 2.35. The van der Waals surface area contributed by atoms with Crippen molar-refractivity contribution in [3.63, 3.8) is 0 Å². The molecule has 0 radical (unpaired) electrons. The molecular weight excluding hydrogens is 272 g/mol. The SMILES string of the molecule is Cc1cc(S(=O)(=O)NC(CO)C(=O)O)ccc1C#N. The van der Waals surface area contributed by atoms with Crippen molar-refractivity contribution < 1.29 is 23.4 Å². The van der Waals surface area contributed by atoms with Crippen molar-refractivity contribution in [2.75, 3.05) is 6.61 Å². The van der Waals surface area contributed by atoms with E-state index in [2.05, 4.69) is 0 Å². The normalized spacial score (nSPS) is 12.7. The van der Waals surface area contributed by atoms with Crippen LogP contribution in [0.4, 0.5) is 0 Å². The van der Waals surface area contributed by atoms with Crippen LogP contribution in [0, 0.1) is 18.3 Å². The number of nitrogens with zero attached hydrogens (tertiary/aromatic N) is 1. The number of nitriles is 1.